The molecule has 3 nitrogen and oxygen atoms in total. The van der Waals surface area contributed by atoms with Crippen molar-refractivity contribution in [1.29, 1.82) is 5.26 Å². The van der Waals surface area contributed by atoms with E-state index in [4.69, 9.17) is 0 Å². The summed E-state index contributed by atoms with van der Waals surface area (Å²) in [6.45, 7) is 6.16. The lowest BCUT2D eigenvalue weighted by atomic mass is 9.69. The third-order valence-corrected chi connectivity index (χ3v) is 4.49. The minimum absolute atomic E-state index is 0.0332. The Labute approximate surface area is 131 Å². The summed E-state index contributed by atoms with van der Waals surface area (Å²) in [5, 5.41) is 12.9. The lowest BCUT2D eigenvalue weighted by Gasteiger charge is -2.38. The van der Waals surface area contributed by atoms with Crippen LogP contribution in [0.1, 0.15) is 45.1 Å². The Bertz CT molecular complexity index is 732. The molecule has 0 amide bonds. The predicted molar refractivity (Wildman–Crippen MR) is 85.7 cm³/mol. The standard InChI is InChI=1S/C19H20N2O/c1-12-14(11-20)17(13-7-5-4-6-8-13)18-15(21-12)9-19(2,3)10-16(18)22/h4-8,17,21H,9-10H2,1-3H3. The van der Waals surface area contributed by atoms with Gasteiger partial charge in [0.1, 0.15) is 0 Å². The number of Topliss-reactive ketones (excluding diaryl/α,β-unsaturated/α-hetero) is 1. The van der Waals surface area contributed by atoms with E-state index in [-0.39, 0.29) is 17.1 Å². The van der Waals surface area contributed by atoms with Crippen LogP contribution in [0.5, 0.6) is 0 Å². The fourth-order valence-corrected chi connectivity index (χ4v) is 3.56. The van der Waals surface area contributed by atoms with Crippen LogP contribution in [0.3, 0.4) is 0 Å². The average molecular weight is 292 g/mol. The molecule has 22 heavy (non-hydrogen) atoms. The molecule has 0 saturated carbocycles. The number of ketones is 1. The van der Waals surface area contributed by atoms with E-state index in [0.717, 1.165) is 29.0 Å². The molecule has 0 saturated heterocycles. The number of allylic oxidation sites excluding steroid dienone is 4. The molecule has 0 radical (unpaired) electrons. The zero-order chi connectivity index (χ0) is 15.9. The van der Waals surface area contributed by atoms with E-state index in [9.17, 15) is 10.1 Å². The molecule has 1 atom stereocenters. The summed E-state index contributed by atoms with van der Waals surface area (Å²) in [5.41, 5.74) is 4.27. The Kier molecular flexibility index (Phi) is 3.41. The SMILES string of the molecule is CC1=C(C#N)C(c2ccccc2)C2=C(CC(C)(C)CC2=O)N1. The smallest absolute Gasteiger partial charge is 0.162 e. The first-order valence-electron chi connectivity index (χ1n) is 7.62. The summed E-state index contributed by atoms with van der Waals surface area (Å²) >= 11 is 0. The lowest BCUT2D eigenvalue weighted by molar-refractivity contribution is -0.118. The van der Waals surface area contributed by atoms with Gasteiger partial charge in [-0.25, -0.2) is 0 Å². The molecule has 1 aromatic rings. The number of rotatable bonds is 1. The van der Waals surface area contributed by atoms with Crippen LogP contribution >= 0.6 is 0 Å². The van der Waals surface area contributed by atoms with E-state index in [1.807, 2.05) is 37.3 Å². The Morgan fingerprint density at radius 2 is 1.91 bits per heavy atom. The normalized spacial score (nSPS) is 23.7. The Balaban J connectivity index is 2.18. The van der Waals surface area contributed by atoms with E-state index in [0.29, 0.717) is 12.0 Å². The van der Waals surface area contributed by atoms with E-state index in [1.165, 1.54) is 0 Å². The summed E-state index contributed by atoms with van der Waals surface area (Å²) in [7, 11) is 0. The Morgan fingerprint density at radius 3 is 2.55 bits per heavy atom. The van der Waals surface area contributed by atoms with Gasteiger partial charge in [-0.3, -0.25) is 4.79 Å². The van der Waals surface area contributed by atoms with Gasteiger partial charge in [0.15, 0.2) is 5.78 Å². The monoisotopic (exact) mass is 292 g/mol. The van der Waals surface area contributed by atoms with Crippen molar-refractivity contribution >= 4 is 5.78 Å². The minimum atomic E-state index is -0.231. The number of benzene rings is 1. The zero-order valence-electron chi connectivity index (χ0n) is 13.2. The first kappa shape index (κ1) is 14.6. The fraction of sp³-hybridized carbons (Fsp3) is 0.368. The van der Waals surface area contributed by atoms with Gasteiger partial charge >= 0.3 is 0 Å². The van der Waals surface area contributed by atoms with Crippen molar-refractivity contribution < 1.29 is 4.79 Å². The van der Waals surface area contributed by atoms with Crippen molar-refractivity contribution in [2.75, 3.05) is 0 Å². The van der Waals surface area contributed by atoms with E-state index >= 15 is 0 Å². The molecule has 1 N–H and O–H groups in total. The quantitative estimate of drug-likeness (QED) is 0.856. The summed E-state index contributed by atoms with van der Waals surface area (Å²) < 4.78 is 0. The van der Waals surface area contributed by atoms with Crippen LogP contribution in [0.4, 0.5) is 0 Å². The second-order valence-corrected chi connectivity index (χ2v) is 6.95. The van der Waals surface area contributed by atoms with Gasteiger partial charge in [0.05, 0.1) is 17.6 Å². The number of hydrogen-bond donors (Lipinski definition) is 1. The molecule has 1 aliphatic carbocycles. The van der Waals surface area contributed by atoms with Crippen molar-refractivity contribution in [1.82, 2.24) is 5.32 Å². The Hall–Kier alpha value is -2.34. The number of nitrogens with one attached hydrogen (secondary N) is 1. The van der Waals surface area contributed by atoms with Gasteiger partial charge < -0.3 is 5.32 Å². The van der Waals surface area contributed by atoms with Gasteiger partial charge in [0.2, 0.25) is 0 Å². The highest BCUT2D eigenvalue weighted by molar-refractivity contribution is 6.00. The molecule has 112 valence electrons. The van der Waals surface area contributed by atoms with Crippen LogP contribution in [-0.2, 0) is 4.79 Å². The number of carbonyl (C=O) groups is 1. The average Bonchev–Trinajstić information content (AvgIpc) is 2.45. The molecule has 0 fully saturated rings. The summed E-state index contributed by atoms with van der Waals surface area (Å²) in [5.74, 6) is -0.0705. The van der Waals surface area contributed by atoms with Gasteiger partial charge in [0.25, 0.3) is 0 Å². The maximum absolute atomic E-state index is 12.8. The highest BCUT2D eigenvalue weighted by atomic mass is 16.1. The summed E-state index contributed by atoms with van der Waals surface area (Å²) in [4.78, 5) is 12.8. The molecule has 1 aromatic carbocycles. The number of dihydropyridines is 1. The predicted octanol–water partition coefficient (Wildman–Crippen LogP) is 3.81. The van der Waals surface area contributed by atoms with Crippen molar-refractivity contribution in [2.45, 2.75) is 39.5 Å². The zero-order valence-corrected chi connectivity index (χ0v) is 13.2. The maximum Gasteiger partial charge on any atom is 0.162 e. The minimum Gasteiger partial charge on any atom is -0.361 e. The Morgan fingerprint density at radius 1 is 1.23 bits per heavy atom. The van der Waals surface area contributed by atoms with Crippen LogP contribution in [0.2, 0.25) is 0 Å². The van der Waals surface area contributed by atoms with Gasteiger partial charge in [0, 0.05) is 23.4 Å². The topological polar surface area (TPSA) is 52.9 Å². The highest BCUT2D eigenvalue weighted by Crippen LogP contribution is 2.46. The van der Waals surface area contributed by atoms with E-state index in [2.05, 4.69) is 25.2 Å². The largest absolute Gasteiger partial charge is 0.361 e. The lowest BCUT2D eigenvalue weighted by Crippen LogP contribution is -2.36. The molecular formula is C19H20N2O. The van der Waals surface area contributed by atoms with Crippen LogP contribution < -0.4 is 5.32 Å². The molecular weight excluding hydrogens is 272 g/mol. The van der Waals surface area contributed by atoms with Crippen LogP contribution in [0.25, 0.3) is 0 Å². The summed E-state index contributed by atoms with van der Waals surface area (Å²) in [6.07, 6.45) is 1.38. The molecule has 0 spiro atoms. The molecule has 0 bridgehead atoms. The molecule has 3 heteroatoms. The van der Waals surface area contributed by atoms with Gasteiger partial charge in [-0.2, -0.15) is 5.26 Å². The highest BCUT2D eigenvalue weighted by Gasteiger charge is 2.40. The number of carbonyl (C=O) groups excluding carboxylic acids is 1. The fourth-order valence-electron chi connectivity index (χ4n) is 3.56. The molecule has 1 aliphatic heterocycles. The second-order valence-electron chi connectivity index (χ2n) is 6.95. The summed E-state index contributed by atoms with van der Waals surface area (Å²) in [6, 6.07) is 12.2. The molecule has 0 aromatic heterocycles. The van der Waals surface area contributed by atoms with Gasteiger partial charge in [-0.1, -0.05) is 44.2 Å². The number of hydrogen-bond acceptors (Lipinski definition) is 3. The molecule has 3 rings (SSSR count). The van der Waals surface area contributed by atoms with Crippen molar-refractivity contribution in [3.8, 4) is 6.07 Å². The van der Waals surface area contributed by atoms with Crippen molar-refractivity contribution in [3.05, 3.63) is 58.4 Å². The maximum atomic E-state index is 12.8. The van der Waals surface area contributed by atoms with Crippen LogP contribution in [-0.4, -0.2) is 5.78 Å². The van der Waals surface area contributed by atoms with E-state index in [1.54, 1.807) is 0 Å². The third kappa shape index (κ3) is 2.35. The molecule has 2 aliphatic rings. The first-order chi connectivity index (χ1) is 10.4. The second kappa shape index (κ2) is 5.14. The third-order valence-electron chi connectivity index (χ3n) is 4.49. The van der Waals surface area contributed by atoms with Crippen molar-refractivity contribution in [2.24, 2.45) is 5.41 Å². The van der Waals surface area contributed by atoms with Gasteiger partial charge in [-0.05, 0) is 24.3 Å². The molecule has 1 heterocycles. The first-order valence-corrected chi connectivity index (χ1v) is 7.62. The van der Waals surface area contributed by atoms with Crippen LogP contribution in [0.15, 0.2) is 52.9 Å². The van der Waals surface area contributed by atoms with E-state index < -0.39 is 0 Å². The molecule has 1 unspecified atom stereocenters. The van der Waals surface area contributed by atoms with Gasteiger partial charge in [-0.15, -0.1) is 0 Å². The number of nitriles is 1. The number of nitrogens with zero attached hydrogens (tertiary/aromatic N) is 1. The van der Waals surface area contributed by atoms with Crippen molar-refractivity contribution in [3.63, 3.8) is 0 Å². The van der Waals surface area contributed by atoms with Crippen LogP contribution in [0, 0.1) is 16.7 Å².